The standard InChI is InChI=1S/C19H26N4O/c1-15-11-20-23(12-15)18-5-4-10-22(14-18)19(24)17-8-6-16(7-9-17)13-21(2)3/h6-9,11-12,18H,4-5,10,13-14H2,1-3H3. The molecule has 0 N–H and O–H groups in total. The molecule has 0 bridgehead atoms. The molecule has 1 saturated heterocycles. The maximum Gasteiger partial charge on any atom is 0.253 e. The summed E-state index contributed by atoms with van der Waals surface area (Å²) in [5, 5.41) is 4.42. The first-order valence-corrected chi connectivity index (χ1v) is 8.56. The van der Waals surface area contributed by atoms with Crippen molar-refractivity contribution >= 4 is 5.91 Å². The number of likely N-dealkylation sites (tertiary alicyclic amines) is 1. The highest BCUT2D eigenvalue weighted by atomic mass is 16.2. The Bertz CT molecular complexity index is 690. The number of aryl methyl sites for hydroxylation is 1. The number of hydrogen-bond donors (Lipinski definition) is 0. The van der Waals surface area contributed by atoms with Crippen molar-refractivity contribution < 1.29 is 4.79 Å². The zero-order chi connectivity index (χ0) is 17.1. The number of amides is 1. The number of hydrogen-bond acceptors (Lipinski definition) is 3. The molecule has 3 rings (SSSR count). The van der Waals surface area contributed by atoms with Crippen LogP contribution in [0.25, 0.3) is 0 Å². The van der Waals surface area contributed by atoms with Crippen molar-refractivity contribution in [3.05, 3.63) is 53.3 Å². The van der Waals surface area contributed by atoms with Crippen molar-refractivity contribution in [1.82, 2.24) is 19.6 Å². The molecule has 0 spiro atoms. The molecule has 1 aliphatic rings. The van der Waals surface area contributed by atoms with E-state index in [0.717, 1.165) is 43.6 Å². The Hall–Kier alpha value is -2.14. The van der Waals surface area contributed by atoms with Crippen LogP contribution in [0.2, 0.25) is 0 Å². The summed E-state index contributed by atoms with van der Waals surface area (Å²) < 4.78 is 2.01. The summed E-state index contributed by atoms with van der Waals surface area (Å²) in [5.41, 5.74) is 3.16. The molecule has 1 fully saturated rings. The lowest BCUT2D eigenvalue weighted by atomic mass is 10.0. The van der Waals surface area contributed by atoms with Gasteiger partial charge in [-0.3, -0.25) is 9.48 Å². The molecule has 1 unspecified atom stereocenters. The third-order valence-corrected chi connectivity index (χ3v) is 4.49. The minimum atomic E-state index is 0.125. The van der Waals surface area contributed by atoms with Crippen molar-refractivity contribution in [2.24, 2.45) is 0 Å². The van der Waals surface area contributed by atoms with Gasteiger partial charge in [-0.05, 0) is 57.1 Å². The highest BCUT2D eigenvalue weighted by Gasteiger charge is 2.25. The number of benzene rings is 1. The Balaban J connectivity index is 1.67. The monoisotopic (exact) mass is 326 g/mol. The van der Waals surface area contributed by atoms with Crippen molar-refractivity contribution in [3.63, 3.8) is 0 Å². The van der Waals surface area contributed by atoms with Crippen LogP contribution in [0, 0.1) is 6.92 Å². The lowest BCUT2D eigenvalue weighted by molar-refractivity contribution is 0.0673. The largest absolute Gasteiger partial charge is 0.337 e. The minimum Gasteiger partial charge on any atom is -0.337 e. The van der Waals surface area contributed by atoms with E-state index in [4.69, 9.17) is 0 Å². The fourth-order valence-electron chi connectivity index (χ4n) is 3.29. The Morgan fingerprint density at radius 3 is 2.67 bits per heavy atom. The summed E-state index contributed by atoms with van der Waals surface area (Å²) in [6.45, 7) is 4.50. The zero-order valence-corrected chi connectivity index (χ0v) is 14.8. The lowest BCUT2D eigenvalue weighted by Crippen LogP contribution is -2.40. The first-order valence-electron chi connectivity index (χ1n) is 8.56. The van der Waals surface area contributed by atoms with Crippen LogP contribution >= 0.6 is 0 Å². The molecule has 128 valence electrons. The van der Waals surface area contributed by atoms with E-state index in [1.165, 1.54) is 5.56 Å². The van der Waals surface area contributed by atoms with Crippen LogP contribution in [0.15, 0.2) is 36.7 Å². The van der Waals surface area contributed by atoms with Crippen LogP contribution in [0.4, 0.5) is 0 Å². The molecule has 5 heteroatoms. The van der Waals surface area contributed by atoms with Gasteiger partial charge in [0.25, 0.3) is 5.91 Å². The van der Waals surface area contributed by atoms with Crippen LogP contribution in [0.1, 0.15) is 40.4 Å². The second-order valence-corrected chi connectivity index (χ2v) is 6.98. The second-order valence-electron chi connectivity index (χ2n) is 6.98. The van der Waals surface area contributed by atoms with Crippen LogP contribution in [0.3, 0.4) is 0 Å². The van der Waals surface area contributed by atoms with E-state index in [1.807, 2.05) is 61.1 Å². The van der Waals surface area contributed by atoms with E-state index in [1.54, 1.807) is 0 Å². The molecule has 2 aromatic rings. The Labute approximate surface area is 143 Å². The van der Waals surface area contributed by atoms with Gasteiger partial charge in [0.05, 0.1) is 12.2 Å². The predicted octanol–water partition coefficient (Wildman–Crippen LogP) is 2.73. The molecule has 1 atom stereocenters. The summed E-state index contributed by atoms with van der Waals surface area (Å²) in [7, 11) is 4.09. The van der Waals surface area contributed by atoms with Crippen LogP contribution in [-0.2, 0) is 6.54 Å². The summed E-state index contributed by atoms with van der Waals surface area (Å²) in [6, 6.07) is 8.27. The summed E-state index contributed by atoms with van der Waals surface area (Å²) in [6.07, 6.45) is 6.04. The van der Waals surface area contributed by atoms with Crippen molar-refractivity contribution in [1.29, 1.82) is 0 Å². The van der Waals surface area contributed by atoms with E-state index in [2.05, 4.69) is 16.2 Å². The molecule has 0 aliphatic carbocycles. The number of piperidine rings is 1. The van der Waals surface area contributed by atoms with Crippen LogP contribution in [-0.4, -0.2) is 52.7 Å². The summed E-state index contributed by atoms with van der Waals surface area (Å²) in [5.74, 6) is 0.125. The maximum atomic E-state index is 12.8. The first kappa shape index (κ1) is 16.7. The van der Waals surface area contributed by atoms with Crippen LogP contribution < -0.4 is 0 Å². The molecule has 0 radical (unpaired) electrons. The molecular formula is C19H26N4O. The zero-order valence-electron chi connectivity index (χ0n) is 14.8. The minimum absolute atomic E-state index is 0.125. The molecule has 1 aromatic heterocycles. The van der Waals surface area contributed by atoms with Gasteiger partial charge in [-0.25, -0.2) is 0 Å². The van der Waals surface area contributed by atoms with Crippen molar-refractivity contribution in [3.8, 4) is 0 Å². The number of aromatic nitrogens is 2. The topological polar surface area (TPSA) is 41.4 Å². The molecule has 5 nitrogen and oxygen atoms in total. The first-order chi connectivity index (χ1) is 11.5. The maximum absolute atomic E-state index is 12.8. The molecule has 1 aromatic carbocycles. The van der Waals surface area contributed by atoms with Gasteiger partial charge in [-0.15, -0.1) is 0 Å². The van der Waals surface area contributed by atoms with E-state index >= 15 is 0 Å². The number of rotatable bonds is 4. The lowest BCUT2D eigenvalue weighted by Gasteiger charge is -2.33. The molecule has 2 heterocycles. The summed E-state index contributed by atoms with van der Waals surface area (Å²) >= 11 is 0. The summed E-state index contributed by atoms with van der Waals surface area (Å²) in [4.78, 5) is 16.9. The number of carbonyl (C=O) groups excluding carboxylic acids is 1. The number of carbonyl (C=O) groups is 1. The van der Waals surface area contributed by atoms with Crippen LogP contribution in [0.5, 0.6) is 0 Å². The van der Waals surface area contributed by atoms with Gasteiger partial charge in [0.15, 0.2) is 0 Å². The second kappa shape index (κ2) is 7.18. The third kappa shape index (κ3) is 3.85. The average molecular weight is 326 g/mol. The van der Waals surface area contributed by atoms with Crippen molar-refractivity contribution in [2.75, 3.05) is 27.2 Å². The fourth-order valence-corrected chi connectivity index (χ4v) is 3.29. The van der Waals surface area contributed by atoms with E-state index in [0.29, 0.717) is 0 Å². The van der Waals surface area contributed by atoms with Gasteiger partial charge < -0.3 is 9.80 Å². The molecule has 1 amide bonds. The van der Waals surface area contributed by atoms with Gasteiger partial charge in [-0.2, -0.15) is 5.10 Å². The average Bonchev–Trinajstić information content (AvgIpc) is 3.01. The van der Waals surface area contributed by atoms with Gasteiger partial charge in [0.1, 0.15) is 0 Å². The van der Waals surface area contributed by atoms with Gasteiger partial charge in [0.2, 0.25) is 0 Å². The van der Waals surface area contributed by atoms with E-state index in [-0.39, 0.29) is 11.9 Å². The fraction of sp³-hybridized carbons (Fsp3) is 0.474. The van der Waals surface area contributed by atoms with Gasteiger partial charge >= 0.3 is 0 Å². The Morgan fingerprint density at radius 1 is 1.29 bits per heavy atom. The molecular weight excluding hydrogens is 300 g/mol. The highest BCUT2D eigenvalue weighted by molar-refractivity contribution is 5.94. The third-order valence-electron chi connectivity index (χ3n) is 4.49. The quantitative estimate of drug-likeness (QED) is 0.867. The number of nitrogens with zero attached hydrogens (tertiary/aromatic N) is 4. The predicted molar refractivity (Wildman–Crippen MR) is 95.0 cm³/mol. The van der Waals surface area contributed by atoms with Crippen molar-refractivity contribution in [2.45, 2.75) is 32.4 Å². The Morgan fingerprint density at radius 2 is 2.04 bits per heavy atom. The Kier molecular flexibility index (Phi) is 5.00. The van der Waals surface area contributed by atoms with Gasteiger partial charge in [-0.1, -0.05) is 12.1 Å². The highest BCUT2D eigenvalue weighted by Crippen LogP contribution is 2.23. The van der Waals surface area contributed by atoms with Gasteiger partial charge in [0, 0.05) is 31.4 Å². The van der Waals surface area contributed by atoms with E-state index in [9.17, 15) is 4.79 Å². The molecule has 24 heavy (non-hydrogen) atoms. The smallest absolute Gasteiger partial charge is 0.253 e. The SMILES string of the molecule is Cc1cnn(C2CCCN(C(=O)c3ccc(CN(C)C)cc3)C2)c1. The normalized spacial score (nSPS) is 18.2. The molecule has 0 saturated carbocycles. The molecule has 1 aliphatic heterocycles. The van der Waals surface area contributed by atoms with E-state index < -0.39 is 0 Å².